The summed E-state index contributed by atoms with van der Waals surface area (Å²) in [4.78, 5) is 21.1. The Labute approximate surface area is 172 Å². The summed E-state index contributed by atoms with van der Waals surface area (Å²) in [6.07, 6.45) is 4.25. The van der Waals surface area contributed by atoms with Crippen LogP contribution < -0.4 is 10.2 Å². The molecule has 1 N–H and O–H groups in total. The number of nitriles is 1. The predicted molar refractivity (Wildman–Crippen MR) is 114 cm³/mol. The van der Waals surface area contributed by atoms with Gasteiger partial charge in [0.15, 0.2) is 0 Å². The van der Waals surface area contributed by atoms with Crippen molar-refractivity contribution in [3.63, 3.8) is 0 Å². The lowest BCUT2D eigenvalue weighted by Crippen LogP contribution is -2.41. The highest BCUT2D eigenvalue weighted by Gasteiger charge is 2.24. The zero-order chi connectivity index (χ0) is 20.8. The molecule has 0 aliphatic carbocycles. The number of carbonyl (C=O) groups excluding carboxylic acids is 1. The number of anilines is 1. The number of fused-ring (bicyclic) bond motifs is 1. The van der Waals surface area contributed by atoms with Gasteiger partial charge in [0.2, 0.25) is 5.91 Å². The van der Waals surface area contributed by atoms with Gasteiger partial charge in [-0.3, -0.25) is 9.69 Å². The van der Waals surface area contributed by atoms with Crippen LogP contribution in [-0.2, 0) is 11.2 Å². The Morgan fingerprint density at radius 2 is 2.17 bits per heavy atom. The number of carbonyl (C=O) groups is 1. The minimum absolute atomic E-state index is 0.0283. The van der Waals surface area contributed by atoms with E-state index in [1.54, 1.807) is 18.5 Å². The lowest BCUT2D eigenvalue weighted by atomic mass is 9.94. The Morgan fingerprint density at radius 1 is 1.38 bits per heavy atom. The van der Waals surface area contributed by atoms with Gasteiger partial charge in [-0.2, -0.15) is 5.26 Å². The zero-order valence-electron chi connectivity index (χ0n) is 17.2. The monoisotopic (exact) mass is 389 g/mol. The number of pyridine rings is 1. The summed E-state index contributed by atoms with van der Waals surface area (Å²) in [6.45, 7) is 8.05. The summed E-state index contributed by atoms with van der Waals surface area (Å²) in [5.41, 5.74) is 4.09. The van der Waals surface area contributed by atoms with E-state index in [2.05, 4.69) is 52.5 Å². The number of nitrogens with one attached hydrogen (secondary N) is 1. The van der Waals surface area contributed by atoms with E-state index in [0.717, 1.165) is 24.5 Å². The van der Waals surface area contributed by atoms with Gasteiger partial charge in [0, 0.05) is 37.2 Å². The fraction of sp³-hybridized carbons (Fsp3) is 0.348. The third-order valence-electron chi connectivity index (χ3n) is 5.41. The molecule has 6 heteroatoms. The average Bonchev–Trinajstić information content (AvgIpc) is 2.75. The number of amides is 1. The van der Waals surface area contributed by atoms with Crippen molar-refractivity contribution in [1.82, 2.24) is 15.2 Å². The summed E-state index contributed by atoms with van der Waals surface area (Å²) in [5.74, 6) is 0.718. The van der Waals surface area contributed by atoms with Gasteiger partial charge in [-0.1, -0.05) is 24.3 Å². The van der Waals surface area contributed by atoms with E-state index in [4.69, 9.17) is 5.26 Å². The first-order chi connectivity index (χ1) is 14.0. The molecule has 1 amide bonds. The number of allylic oxidation sites excluding steroid dienone is 1. The molecule has 0 saturated heterocycles. The fourth-order valence-corrected chi connectivity index (χ4v) is 3.74. The van der Waals surface area contributed by atoms with Gasteiger partial charge in [-0.15, -0.1) is 0 Å². The molecule has 1 unspecified atom stereocenters. The zero-order valence-corrected chi connectivity index (χ0v) is 17.2. The molecule has 1 aliphatic heterocycles. The molecule has 150 valence electrons. The molecular weight excluding hydrogens is 362 g/mol. The quantitative estimate of drug-likeness (QED) is 0.820. The topological polar surface area (TPSA) is 72.3 Å². The number of aromatic nitrogens is 1. The van der Waals surface area contributed by atoms with Gasteiger partial charge < -0.3 is 10.2 Å². The predicted octanol–water partition coefficient (Wildman–Crippen LogP) is 3.38. The second-order valence-electron chi connectivity index (χ2n) is 7.21. The van der Waals surface area contributed by atoms with Crippen molar-refractivity contribution in [1.29, 1.82) is 5.26 Å². The molecular formula is C23H27N5O. The standard InChI is InChI=1S/C23H27N5O/c1-4-28(22-10-9-19(13-24)15-25-22)17(2)14-26-23(29)16-27-12-11-20-7-5-6-8-21(20)18(27)3/h5-10,14-15,18H,4,11-12,16H2,1-3H3,(H,26,29)/b17-14+. The molecule has 29 heavy (non-hydrogen) atoms. The number of benzene rings is 1. The summed E-state index contributed by atoms with van der Waals surface area (Å²) < 4.78 is 0. The Morgan fingerprint density at radius 3 is 2.86 bits per heavy atom. The summed E-state index contributed by atoms with van der Waals surface area (Å²) >= 11 is 0. The highest BCUT2D eigenvalue weighted by molar-refractivity contribution is 5.79. The SMILES string of the molecule is CCN(/C(C)=C/NC(=O)CN1CCc2ccccc2C1C)c1ccc(C#N)cn1. The van der Waals surface area contributed by atoms with Gasteiger partial charge in [-0.25, -0.2) is 4.98 Å². The number of nitrogens with zero attached hydrogens (tertiary/aromatic N) is 4. The molecule has 1 aliphatic rings. The van der Waals surface area contributed by atoms with E-state index in [0.29, 0.717) is 18.7 Å². The van der Waals surface area contributed by atoms with Crippen LogP contribution in [0, 0.1) is 11.3 Å². The maximum atomic E-state index is 12.5. The molecule has 1 atom stereocenters. The highest BCUT2D eigenvalue weighted by Crippen LogP contribution is 2.28. The first-order valence-corrected chi connectivity index (χ1v) is 9.95. The Balaban J connectivity index is 1.61. The summed E-state index contributed by atoms with van der Waals surface area (Å²) in [5, 5.41) is 11.8. The minimum atomic E-state index is -0.0283. The molecule has 0 saturated carbocycles. The van der Waals surface area contributed by atoms with Crippen LogP contribution in [0.4, 0.5) is 5.82 Å². The van der Waals surface area contributed by atoms with Crippen molar-refractivity contribution in [3.8, 4) is 6.07 Å². The lowest BCUT2D eigenvalue weighted by molar-refractivity contribution is -0.121. The van der Waals surface area contributed by atoms with Crippen LogP contribution in [0.1, 0.15) is 43.5 Å². The first kappa shape index (κ1) is 20.6. The van der Waals surface area contributed by atoms with Crippen LogP contribution in [0.15, 0.2) is 54.5 Å². The highest BCUT2D eigenvalue weighted by atomic mass is 16.2. The smallest absolute Gasteiger partial charge is 0.238 e. The van der Waals surface area contributed by atoms with Gasteiger partial charge in [0.1, 0.15) is 11.9 Å². The van der Waals surface area contributed by atoms with E-state index in [-0.39, 0.29) is 11.9 Å². The molecule has 1 aromatic carbocycles. The van der Waals surface area contributed by atoms with Gasteiger partial charge in [-0.05, 0) is 50.5 Å². The second kappa shape index (κ2) is 9.35. The molecule has 2 aromatic rings. The molecule has 0 fully saturated rings. The van der Waals surface area contributed by atoms with Crippen LogP contribution in [0.2, 0.25) is 0 Å². The lowest BCUT2D eigenvalue weighted by Gasteiger charge is -2.34. The number of rotatable bonds is 6. The third kappa shape index (κ3) is 4.82. The van der Waals surface area contributed by atoms with E-state index >= 15 is 0 Å². The van der Waals surface area contributed by atoms with E-state index < -0.39 is 0 Å². The van der Waals surface area contributed by atoms with Crippen molar-refractivity contribution in [2.75, 3.05) is 24.5 Å². The van der Waals surface area contributed by atoms with Crippen molar-refractivity contribution < 1.29 is 4.79 Å². The van der Waals surface area contributed by atoms with Gasteiger partial charge >= 0.3 is 0 Å². The van der Waals surface area contributed by atoms with Crippen LogP contribution in [-0.4, -0.2) is 35.4 Å². The first-order valence-electron chi connectivity index (χ1n) is 9.95. The molecule has 3 rings (SSSR count). The Kier molecular flexibility index (Phi) is 6.63. The van der Waals surface area contributed by atoms with Crippen LogP contribution in [0.3, 0.4) is 0 Å². The van der Waals surface area contributed by atoms with Crippen LogP contribution >= 0.6 is 0 Å². The van der Waals surface area contributed by atoms with Crippen LogP contribution in [0.5, 0.6) is 0 Å². The third-order valence-corrected chi connectivity index (χ3v) is 5.41. The normalized spacial score (nSPS) is 16.6. The Bertz CT molecular complexity index is 929. The van der Waals surface area contributed by atoms with E-state index in [9.17, 15) is 4.79 Å². The van der Waals surface area contributed by atoms with Gasteiger partial charge in [0.05, 0.1) is 12.1 Å². The molecule has 1 aromatic heterocycles. The summed E-state index contributed by atoms with van der Waals surface area (Å²) in [7, 11) is 0. The molecule has 0 radical (unpaired) electrons. The average molecular weight is 390 g/mol. The van der Waals surface area contributed by atoms with Crippen molar-refractivity contribution in [2.45, 2.75) is 33.2 Å². The maximum Gasteiger partial charge on any atom is 0.238 e. The maximum absolute atomic E-state index is 12.5. The van der Waals surface area contributed by atoms with E-state index in [1.165, 1.54) is 11.1 Å². The van der Waals surface area contributed by atoms with Gasteiger partial charge in [0.25, 0.3) is 0 Å². The van der Waals surface area contributed by atoms with Crippen molar-refractivity contribution in [3.05, 3.63) is 71.2 Å². The number of hydrogen-bond acceptors (Lipinski definition) is 5. The number of hydrogen-bond donors (Lipinski definition) is 1. The Hall–Kier alpha value is -3.17. The molecule has 6 nitrogen and oxygen atoms in total. The van der Waals surface area contributed by atoms with Crippen molar-refractivity contribution >= 4 is 11.7 Å². The molecule has 0 spiro atoms. The largest absolute Gasteiger partial charge is 0.330 e. The van der Waals surface area contributed by atoms with Crippen molar-refractivity contribution in [2.24, 2.45) is 0 Å². The summed E-state index contributed by atoms with van der Waals surface area (Å²) in [6, 6.07) is 14.3. The fourth-order valence-electron chi connectivity index (χ4n) is 3.74. The minimum Gasteiger partial charge on any atom is -0.330 e. The van der Waals surface area contributed by atoms with E-state index in [1.807, 2.05) is 24.8 Å². The molecule has 0 bridgehead atoms. The molecule has 2 heterocycles. The van der Waals surface area contributed by atoms with Crippen LogP contribution in [0.25, 0.3) is 0 Å². The second-order valence-corrected chi connectivity index (χ2v) is 7.21.